The van der Waals surface area contributed by atoms with E-state index in [0.29, 0.717) is 23.8 Å². The molecule has 2 aromatic carbocycles. The summed E-state index contributed by atoms with van der Waals surface area (Å²) < 4.78 is 1.07. The molecule has 25 heavy (non-hydrogen) atoms. The van der Waals surface area contributed by atoms with Crippen molar-refractivity contribution >= 4 is 0 Å². The zero-order chi connectivity index (χ0) is 17.7. The number of hydrogen-bond donors (Lipinski definition) is 1. The lowest BCUT2D eigenvalue weighted by Crippen LogP contribution is -3.00. The Labute approximate surface area is 163 Å². The fraction of sp³-hybridized carbons (Fsp3) is 0.455. The Morgan fingerprint density at radius 2 is 1.28 bits per heavy atom. The summed E-state index contributed by atoms with van der Waals surface area (Å²) in [6, 6.07) is 19.6. The molecule has 1 N–H and O–H groups in total. The molecule has 2 rings (SSSR count). The summed E-state index contributed by atoms with van der Waals surface area (Å²) in [5.41, 5.74) is 2.63. The molecule has 0 aliphatic carbocycles. The van der Waals surface area contributed by atoms with Gasteiger partial charge in [0.1, 0.15) is 5.75 Å². The van der Waals surface area contributed by atoms with Crippen molar-refractivity contribution in [3.05, 3.63) is 65.7 Å². The quantitative estimate of drug-likeness (QED) is 0.699. The van der Waals surface area contributed by atoms with E-state index in [1.165, 1.54) is 11.1 Å². The van der Waals surface area contributed by atoms with Crippen molar-refractivity contribution in [1.82, 2.24) is 0 Å². The molecule has 0 heterocycles. The predicted octanol–water partition coefficient (Wildman–Crippen LogP) is 2.18. The van der Waals surface area contributed by atoms with Crippen LogP contribution >= 0.6 is 0 Å². The largest absolute Gasteiger partial charge is 1.00 e. The van der Waals surface area contributed by atoms with E-state index in [0.717, 1.165) is 17.4 Å². The Bertz CT molecular complexity index is 614. The van der Waals surface area contributed by atoms with Crippen LogP contribution in [-0.2, 0) is 0 Å². The van der Waals surface area contributed by atoms with E-state index in [-0.39, 0.29) is 17.0 Å². The van der Waals surface area contributed by atoms with Crippen LogP contribution < -0.4 is 17.0 Å². The molecule has 0 amide bonds. The van der Waals surface area contributed by atoms with E-state index >= 15 is 0 Å². The summed E-state index contributed by atoms with van der Waals surface area (Å²) in [4.78, 5) is 0. The second-order valence-electron chi connectivity index (χ2n) is 7.60. The third-order valence-electron chi connectivity index (χ3n) is 5.76. The standard InChI is InChI=1S/C22H31NO.BrH/c1-17(2)23(5,18(3)4)16-15-22(19-9-7-6-8-10-19)20-11-13-21(24)14-12-20;/h6-14,17-18,22H,15-16H2,1-5H3;1H/t22-;/m0./s1. The van der Waals surface area contributed by atoms with Crippen LogP contribution in [0.4, 0.5) is 0 Å². The third-order valence-corrected chi connectivity index (χ3v) is 5.76. The van der Waals surface area contributed by atoms with E-state index in [4.69, 9.17) is 0 Å². The number of hydrogen-bond acceptors (Lipinski definition) is 1. The SMILES string of the molecule is CC(C)[N+](C)(CC[C@@H](c1ccccc1)c1ccc(O)cc1)C(C)C.[Br-]. The number of quaternary nitrogens is 1. The molecule has 0 unspecified atom stereocenters. The van der Waals surface area contributed by atoms with Crippen LogP contribution in [0.5, 0.6) is 5.75 Å². The molecule has 0 spiro atoms. The number of rotatable bonds is 7. The fourth-order valence-electron chi connectivity index (χ4n) is 3.44. The topological polar surface area (TPSA) is 20.2 Å². The van der Waals surface area contributed by atoms with E-state index < -0.39 is 0 Å². The fourth-order valence-corrected chi connectivity index (χ4v) is 3.44. The van der Waals surface area contributed by atoms with Crippen molar-refractivity contribution in [3.8, 4) is 5.75 Å². The molecule has 0 radical (unpaired) electrons. The minimum atomic E-state index is 0. The highest BCUT2D eigenvalue weighted by Gasteiger charge is 2.30. The van der Waals surface area contributed by atoms with Crippen LogP contribution in [-0.4, -0.2) is 35.3 Å². The van der Waals surface area contributed by atoms with Gasteiger partial charge in [-0.1, -0.05) is 42.5 Å². The number of benzene rings is 2. The Balaban J connectivity index is 0.00000312. The normalized spacial score (nSPS) is 12.9. The second kappa shape index (κ2) is 9.40. The zero-order valence-corrected chi connectivity index (χ0v) is 17.7. The summed E-state index contributed by atoms with van der Waals surface area (Å²) >= 11 is 0. The van der Waals surface area contributed by atoms with Gasteiger partial charge in [-0.15, -0.1) is 0 Å². The molecule has 0 aliphatic rings. The molecule has 3 heteroatoms. The second-order valence-corrected chi connectivity index (χ2v) is 7.60. The maximum Gasteiger partial charge on any atom is 0.115 e. The Morgan fingerprint density at radius 1 is 0.800 bits per heavy atom. The van der Waals surface area contributed by atoms with Gasteiger partial charge in [0, 0.05) is 12.3 Å². The first-order valence-corrected chi connectivity index (χ1v) is 9.03. The van der Waals surface area contributed by atoms with Crippen molar-refractivity contribution in [1.29, 1.82) is 0 Å². The maximum atomic E-state index is 9.61. The van der Waals surface area contributed by atoms with Crippen molar-refractivity contribution in [3.63, 3.8) is 0 Å². The molecule has 0 saturated heterocycles. The van der Waals surface area contributed by atoms with E-state index in [9.17, 15) is 5.11 Å². The minimum Gasteiger partial charge on any atom is -1.00 e. The van der Waals surface area contributed by atoms with E-state index in [2.05, 4.69) is 77.2 Å². The molecular formula is C22H32BrNO. The average molecular weight is 406 g/mol. The molecule has 2 nitrogen and oxygen atoms in total. The lowest BCUT2D eigenvalue weighted by molar-refractivity contribution is -0.949. The monoisotopic (exact) mass is 405 g/mol. The molecule has 1 atom stereocenters. The molecule has 0 aliphatic heterocycles. The van der Waals surface area contributed by atoms with Crippen LogP contribution in [0.2, 0.25) is 0 Å². The molecule has 0 fully saturated rings. The Kier molecular flexibility index (Phi) is 8.17. The van der Waals surface area contributed by atoms with Gasteiger partial charge in [-0.3, -0.25) is 0 Å². The smallest absolute Gasteiger partial charge is 0.115 e. The average Bonchev–Trinajstić information content (AvgIpc) is 2.57. The summed E-state index contributed by atoms with van der Waals surface area (Å²) in [6.45, 7) is 10.4. The van der Waals surface area contributed by atoms with E-state index in [1.807, 2.05) is 0 Å². The minimum absolute atomic E-state index is 0. The number of nitrogens with zero attached hydrogens (tertiary/aromatic N) is 1. The van der Waals surface area contributed by atoms with Gasteiger partial charge in [-0.2, -0.15) is 0 Å². The third kappa shape index (κ3) is 5.32. The van der Waals surface area contributed by atoms with Gasteiger partial charge < -0.3 is 26.6 Å². The highest BCUT2D eigenvalue weighted by Crippen LogP contribution is 2.31. The zero-order valence-electron chi connectivity index (χ0n) is 16.1. The van der Waals surface area contributed by atoms with Gasteiger partial charge in [0.2, 0.25) is 0 Å². The highest BCUT2D eigenvalue weighted by molar-refractivity contribution is 5.35. The number of phenols is 1. The summed E-state index contributed by atoms with van der Waals surface area (Å²) in [5, 5.41) is 9.61. The first-order chi connectivity index (χ1) is 11.3. The van der Waals surface area contributed by atoms with Crippen molar-refractivity contribution in [2.75, 3.05) is 13.6 Å². The summed E-state index contributed by atoms with van der Waals surface area (Å²) in [6.07, 6.45) is 1.10. The van der Waals surface area contributed by atoms with Gasteiger partial charge in [0.25, 0.3) is 0 Å². The van der Waals surface area contributed by atoms with Crippen molar-refractivity contribution in [2.45, 2.75) is 52.1 Å². The number of phenolic OH excluding ortho intramolecular Hbond substituents is 1. The molecule has 2 aromatic rings. The van der Waals surface area contributed by atoms with Gasteiger partial charge in [-0.25, -0.2) is 0 Å². The van der Waals surface area contributed by atoms with Crippen molar-refractivity contribution < 1.29 is 26.6 Å². The maximum absolute atomic E-state index is 9.61. The van der Waals surface area contributed by atoms with Gasteiger partial charge in [0.15, 0.2) is 0 Å². The molecule has 0 bridgehead atoms. The Morgan fingerprint density at radius 3 is 1.76 bits per heavy atom. The van der Waals surface area contributed by atoms with Crippen LogP contribution in [0.25, 0.3) is 0 Å². The van der Waals surface area contributed by atoms with Gasteiger partial charge >= 0.3 is 0 Å². The molecule has 0 aromatic heterocycles. The number of aromatic hydroxyl groups is 1. The lowest BCUT2D eigenvalue weighted by atomic mass is 9.87. The molecular weight excluding hydrogens is 374 g/mol. The summed E-state index contributed by atoms with van der Waals surface area (Å²) in [7, 11) is 2.37. The first kappa shape index (κ1) is 21.7. The van der Waals surface area contributed by atoms with E-state index in [1.54, 1.807) is 12.1 Å². The number of halogens is 1. The van der Waals surface area contributed by atoms with Crippen LogP contribution in [0.15, 0.2) is 54.6 Å². The van der Waals surface area contributed by atoms with Gasteiger partial charge in [0.05, 0.1) is 25.7 Å². The highest BCUT2D eigenvalue weighted by atomic mass is 79.9. The van der Waals surface area contributed by atoms with Gasteiger partial charge in [-0.05, 0) is 51.0 Å². The van der Waals surface area contributed by atoms with Crippen molar-refractivity contribution in [2.24, 2.45) is 0 Å². The molecule has 0 saturated carbocycles. The molecule has 138 valence electrons. The van der Waals surface area contributed by atoms with Crippen LogP contribution in [0.1, 0.15) is 51.2 Å². The first-order valence-electron chi connectivity index (χ1n) is 9.03. The lowest BCUT2D eigenvalue weighted by Gasteiger charge is -2.43. The van der Waals surface area contributed by atoms with Crippen LogP contribution in [0, 0.1) is 0 Å². The Hall–Kier alpha value is -1.32. The predicted molar refractivity (Wildman–Crippen MR) is 102 cm³/mol. The summed E-state index contributed by atoms with van der Waals surface area (Å²) in [5.74, 6) is 0.692. The van der Waals surface area contributed by atoms with Crippen LogP contribution in [0.3, 0.4) is 0 Å².